The van der Waals surface area contributed by atoms with E-state index in [0.717, 1.165) is 5.56 Å². The fraction of sp³-hybridized carbons (Fsp3) is 0.263. The number of benzene rings is 2. The Balaban J connectivity index is 1.66. The largest absolute Gasteiger partial charge is 0.479 e. The number of esters is 1. The number of hydrogen-bond acceptors (Lipinski definition) is 4. The van der Waals surface area contributed by atoms with Gasteiger partial charge >= 0.3 is 5.97 Å². The lowest BCUT2D eigenvalue weighted by atomic mass is 10.1. The average Bonchev–Trinajstić information content (AvgIpc) is 2.62. The summed E-state index contributed by atoms with van der Waals surface area (Å²) in [6.45, 7) is 1.59. The van der Waals surface area contributed by atoms with Crippen molar-refractivity contribution < 1.29 is 23.5 Å². The summed E-state index contributed by atoms with van der Waals surface area (Å²) in [5, 5.41) is 2.68. The minimum atomic E-state index is -0.900. The molecule has 0 saturated carbocycles. The minimum Gasteiger partial charge on any atom is -0.479 e. The van der Waals surface area contributed by atoms with Crippen LogP contribution >= 0.6 is 0 Å². The molecule has 1 amide bonds. The SMILES string of the molecule is C[C@H](Oc1ccc(F)cc1)C(=O)OCC(=O)NCCc1ccccc1. The maximum atomic E-state index is 12.8. The third kappa shape index (κ3) is 6.63. The van der Waals surface area contributed by atoms with E-state index in [1.165, 1.54) is 31.2 Å². The number of carbonyl (C=O) groups is 2. The lowest BCUT2D eigenvalue weighted by Gasteiger charge is -2.14. The summed E-state index contributed by atoms with van der Waals surface area (Å²) in [5.74, 6) is -1.09. The van der Waals surface area contributed by atoms with Gasteiger partial charge in [0.2, 0.25) is 0 Å². The van der Waals surface area contributed by atoms with Gasteiger partial charge in [-0.2, -0.15) is 0 Å². The number of ether oxygens (including phenoxy) is 2. The van der Waals surface area contributed by atoms with Crippen LogP contribution in [0.15, 0.2) is 54.6 Å². The fourth-order valence-electron chi connectivity index (χ4n) is 2.06. The first-order valence-corrected chi connectivity index (χ1v) is 7.94. The van der Waals surface area contributed by atoms with Crippen LogP contribution in [0.4, 0.5) is 4.39 Å². The highest BCUT2D eigenvalue weighted by molar-refractivity contribution is 5.81. The van der Waals surface area contributed by atoms with Crippen molar-refractivity contribution in [3.05, 3.63) is 66.0 Å². The van der Waals surface area contributed by atoms with E-state index in [0.29, 0.717) is 18.7 Å². The van der Waals surface area contributed by atoms with Gasteiger partial charge in [0.25, 0.3) is 5.91 Å². The van der Waals surface area contributed by atoms with Crippen molar-refractivity contribution in [1.29, 1.82) is 0 Å². The van der Waals surface area contributed by atoms with Gasteiger partial charge in [-0.1, -0.05) is 30.3 Å². The molecule has 0 bridgehead atoms. The summed E-state index contributed by atoms with van der Waals surface area (Å²) in [4.78, 5) is 23.5. The maximum absolute atomic E-state index is 12.8. The molecule has 1 atom stereocenters. The summed E-state index contributed by atoms with van der Waals surface area (Å²) in [7, 11) is 0. The van der Waals surface area contributed by atoms with Crippen LogP contribution in [0.2, 0.25) is 0 Å². The molecule has 0 radical (unpaired) electrons. The number of rotatable bonds is 8. The molecular formula is C19H20FNO4. The van der Waals surface area contributed by atoms with Gasteiger partial charge in [-0.05, 0) is 43.2 Å². The number of nitrogens with one attached hydrogen (secondary N) is 1. The van der Waals surface area contributed by atoms with Crippen LogP contribution in [-0.4, -0.2) is 31.1 Å². The Morgan fingerprint density at radius 3 is 2.44 bits per heavy atom. The second-order valence-electron chi connectivity index (χ2n) is 5.41. The first-order valence-electron chi connectivity index (χ1n) is 7.94. The van der Waals surface area contributed by atoms with Crippen LogP contribution in [0.25, 0.3) is 0 Å². The van der Waals surface area contributed by atoms with Crippen LogP contribution in [0.5, 0.6) is 5.75 Å². The van der Waals surface area contributed by atoms with Gasteiger partial charge in [0.1, 0.15) is 11.6 Å². The van der Waals surface area contributed by atoms with Crippen molar-refractivity contribution in [3.63, 3.8) is 0 Å². The predicted molar refractivity (Wildman–Crippen MR) is 90.6 cm³/mol. The van der Waals surface area contributed by atoms with Crippen LogP contribution in [0.3, 0.4) is 0 Å². The molecular weight excluding hydrogens is 325 g/mol. The quantitative estimate of drug-likeness (QED) is 0.747. The number of halogens is 1. The van der Waals surface area contributed by atoms with Crippen LogP contribution < -0.4 is 10.1 Å². The van der Waals surface area contributed by atoms with Gasteiger partial charge in [0, 0.05) is 6.54 Å². The second-order valence-corrected chi connectivity index (χ2v) is 5.41. The smallest absolute Gasteiger partial charge is 0.347 e. The molecule has 25 heavy (non-hydrogen) atoms. The van der Waals surface area contributed by atoms with E-state index in [2.05, 4.69) is 5.32 Å². The minimum absolute atomic E-state index is 0.346. The molecule has 0 fully saturated rings. The van der Waals surface area contributed by atoms with Crippen LogP contribution in [0.1, 0.15) is 12.5 Å². The zero-order valence-electron chi connectivity index (χ0n) is 13.9. The van der Waals surface area contributed by atoms with E-state index >= 15 is 0 Å². The molecule has 2 aromatic rings. The Hall–Kier alpha value is -2.89. The summed E-state index contributed by atoms with van der Waals surface area (Å²) in [5.41, 5.74) is 1.11. The highest BCUT2D eigenvalue weighted by Gasteiger charge is 2.17. The molecule has 0 unspecified atom stereocenters. The van der Waals surface area contributed by atoms with Crippen molar-refractivity contribution in [2.24, 2.45) is 0 Å². The van der Waals surface area contributed by atoms with E-state index in [-0.39, 0.29) is 12.5 Å². The molecule has 6 heteroatoms. The first-order chi connectivity index (χ1) is 12.0. The van der Waals surface area contributed by atoms with Gasteiger partial charge in [-0.3, -0.25) is 4.79 Å². The maximum Gasteiger partial charge on any atom is 0.347 e. The zero-order chi connectivity index (χ0) is 18.1. The Morgan fingerprint density at radius 2 is 1.76 bits per heavy atom. The Bertz CT molecular complexity index is 688. The number of carbonyl (C=O) groups excluding carboxylic acids is 2. The standard InChI is InChI=1S/C19H20FNO4/c1-14(25-17-9-7-16(20)8-10-17)19(23)24-13-18(22)21-12-11-15-5-3-2-4-6-15/h2-10,14H,11-13H2,1H3,(H,21,22)/t14-/m0/s1. The van der Waals surface area contributed by atoms with Crippen molar-refractivity contribution in [2.45, 2.75) is 19.4 Å². The van der Waals surface area contributed by atoms with E-state index in [4.69, 9.17) is 9.47 Å². The molecule has 0 aliphatic heterocycles. The molecule has 0 aliphatic carbocycles. The zero-order valence-corrected chi connectivity index (χ0v) is 13.9. The van der Waals surface area contributed by atoms with Crippen molar-refractivity contribution in [1.82, 2.24) is 5.32 Å². The first kappa shape index (κ1) is 18.4. The van der Waals surface area contributed by atoms with Crippen LogP contribution in [-0.2, 0) is 20.7 Å². The Morgan fingerprint density at radius 1 is 1.08 bits per heavy atom. The van der Waals surface area contributed by atoms with E-state index in [1.54, 1.807) is 0 Å². The Labute approximate surface area is 145 Å². The highest BCUT2D eigenvalue weighted by atomic mass is 19.1. The average molecular weight is 345 g/mol. The topological polar surface area (TPSA) is 64.6 Å². The highest BCUT2D eigenvalue weighted by Crippen LogP contribution is 2.13. The van der Waals surface area contributed by atoms with Crippen molar-refractivity contribution in [2.75, 3.05) is 13.2 Å². The van der Waals surface area contributed by atoms with E-state index in [1.807, 2.05) is 30.3 Å². The summed E-state index contributed by atoms with van der Waals surface area (Å²) in [6, 6.07) is 15.0. The predicted octanol–water partition coefficient (Wildman–Crippen LogP) is 2.50. The monoisotopic (exact) mass is 345 g/mol. The molecule has 0 saturated heterocycles. The molecule has 0 aliphatic rings. The third-order valence-electron chi connectivity index (χ3n) is 3.38. The van der Waals surface area contributed by atoms with Gasteiger partial charge < -0.3 is 14.8 Å². The van der Waals surface area contributed by atoms with Crippen molar-refractivity contribution in [3.8, 4) is 5.75 Å². The molecule has 2 aromatic carbocycles. The molecule has 0 aromatic heterocycles. The van der Waals surface area contributed by atoms with Gasteiger partial charge in [-0.25, -0.2) is 9.18 Å². The molecule has 5 nitrogen and oxygen atoms in total. The molecule has 1 N–H and O–H groups in total. The lowest BCUT2D eigenvalue weighted by Crippen LogP contribution is -2.33. The summed E-state index contributed by atoms with van der Waals surface area (Å²) >= 11 is 0. The second kappa shape index (κ2) is 9.42. The molecule has 0 heterocycles. The Kier molecular flexibility index (Phi) is 6.95. The van der Waals surface area contributed by atoms with Gasteiger partial charge in [0.05, 0.1) is 0 Å². The van der Waals surface area contributed by atoms with Crippen molar-refractivity contribution >= 4 is 11.9 Å². The summed E-state index contributed by atoms with van der Waals surface area (Å²) in [6.07, 6.45) is -0.201. The molecule has 132 valence electrons. The molecule has 2 rings (SSSR count). The van der Waals surface area contributed by atoms with Crippen LogP contribution in [0, 0.1) is 5.82 Å². The lowest BCUT2D eigenvalue weighted by molar-refractivity contribution is -0.154. The number of amides is 1. The van der Waals surface area contributed by atoms with E-state index < -0.39 is 17.9 Å². The summed E-state index contributed by atoms with van der Waals surface area (Å²) < 4.78 is 23.1. The number of hydrogen-bond donors (Lipinski definition) is 1. The van der Waals surface area contributed by atoms with Gasteiger partial charge in [-0.15, -0.1) is 0 Å². The third-order valence-corrected chi connectivity index (χ3v) is 3.38. The normalized spacial score (nSPS) is 11.4. The van der Waals surface area contributed by atoms with Gasteiger partial charge in [0.15, 0.2) is 12.7 Å². The van der Waals surface area contributed by atoms with E-state index in [9.17, 15) is 14.0 Å². The fourth-order valence-corrected chi connectivity index (χ4v) is 2.06. The molecule has 0 spiro atoms.